The van der Waals surface area contributed by atoms with Gasteiger partial charge in [0.1, 0.15) is 11.5 Å². The normalized spacial score (nSPS) is 17.3. The van der Waals surface area contributed by atoms with E-state index in [2.05, 4.69) is 4.98 Å². The summed E-state index contributed by atoms with van der Waals surface area (Å²) in [7, 11) is 1.51. The first kappa shape index (κ1) is 23.9. The second-order valence-corrected chi connectivity index (χ2v) is 9.35. The van der Waals surface area contributed by atoms with Gasteiger partial charge in [0.2, 0.25) is 0 Å². The van der Waals surface area contributed by atoms with E-state index in [0.29, 0.717) is 32.5 Å². The molecule has 0 bridgehead atoms. The first-order valence-electron chi connectivity index (χ1n) is 10.0. The summed E-state index contributed by atoms with van der Waals surface area (Å²) in [6, 6.07) is 9.95. The molecule has 1 saturated heterocycles. The van der Waals surface area contributed by atoms with Gasteiger partial charge < -0.3 is 9.84 Å². The van der Waals surface area contributed by atoms with Crippen LogP contribution in [-0.4, -0.2) is 34.7 Å². The van der Waals surface area contributed by atoms with Crippen LogP contribution in [-0.2, 0) is 9.59 Å². The number of carbonyl (C=O) groups is 3. The maximum atomic E-state index is 13.2. The molecule has 2 heterocycles. The van der Waals surface area contributed by atoms with E-state index in [0.717, 1.165) is 16.2 Å². The van der Waals surface area contributed by atoms with Crippen molar-refractivity contribution < 1.29 is 24.2 Å². The zero-order valence-corrected chi connectivity index (χ0v) is 20.6. The summed E-state index contributed by atoms with van der Waals surface area (Å²) in [6.45, 7) is 3.05. The Bertz CT molecular complexity index is 1360. The van der Waals surface area contributed by atoms with Crippen LogP contribution >= 0.6 is 34.5 Å². The van der Waals surface area contributed by atoms with E-state index < -0.39 is 17.7 Å². The third kappa shape index (κ3) is 4.09. The number of aryl methyl sites for hydroxylation is 1. The molecular formula is C24H18Cl2N2O5S. The van der Waals surface area contributed by atoms with E-state index in [1.165, 1.54) is 20.1 Å². The quantitative estimate of drug-likeness (QED) is 0.205. The number of ketones is 2. The lowest BCUT2D eigenvalue weighted by Gasteiger charge is -2.24. The molecule has 1 atom stereocenters. The van der Waals surface area contributed by atoms with E-state index in [9.17, 15) is 19.5 Å². The molecule has 0 aliphatic carbocycles. The van der Waals surface area contributed by atoms with Crippen LogP contribution < -0.4 is 9.64 Å². The highest BCUT2D eigenvalue weighted by molar-refractivity contribution is 7.18. The highest BCUT2D eigenvalue weighted by Gasteiger charge is 2.49. The summed E-state index contributed by atoms with van der Waals surface area (Å²) in [5.41, 5.74) is 0.966. The third-order valence-corrected chi connectivity index (χ3v) is 7.20. The lowest BCUT2D eigenvalue weighted by molar-refractivity contribution is -0.132. The molecule has 0 unspecified atom stereocenters. The van der Waals surface area contributed by atoms with E-state index in [-0.39, 0.29) is 27.3 Å². The van der Waals surface area contributed by atoms with Gasteiger partial charge in [0.15, 0.2) is 10.9 Å². The van der Waals surface area contributed by atoms with Crippen molar-refractivity contribution in [3.63, 3.8) is 0 Å². The van der Waals surface area contributed by atoms with Crippen LogP contribution in [0, 0.1) is 6.92 Å². The Labute approximate surface area is 209 Å². The van der Waals surface area contributed by atoms with E-state index in [1.807, 2.05) is 0 Å². The lowest BCUT2D eigenvalue weighted by Crippen LogP contribution is -2.29. The van der Waals surface area contributed by atoms with E-state index in [1.54, 1.807) is 43.3 Å². The number of rotatable bonds is 5. The fraction of sp³-hybridized carbons (Fsp3) is 0.167. The summed E-state index contributed by atoms with van der Waals surface area (Å²) in [4.78, 5) is 44.4. The molecule has 1 aliphatic heterocycles. The topological polar surface area (TPSA) is 96.8 Å². The molecule has 1 aliphatic rings. The molecule has 0 radical (unpaired) electrons. The van der Waals surface area contributed by atoms with Gasteiger partial charge in [-0.15, -0.1) is 0 Å². The largest absolute Gasteiger partial charge is 0.507 e. The molecule has 0 spiro atoms. The molecule has 0 saturated carbocycles. The SMILES string of the molecule is COc1ccc(C(O)=C2C(=O)C(=O)N(c3nc(C)c(C(C)=O)s3)[C@H]2c2ccc(Cl)cc2Cl)cc1. The number of anilines is 1. The number of halogens is 2. The second kappa shape index (κ2) is 9.21. The van der Waals surface area contributed by atoms with Crippen LogP contribution in [0.1, 0.15) is 39.5 Å². The Hall–Kier alpha value is -3.20. The summed E-state index contributed by atoms with van der Waals surface area (Å²) in [6.07, 6.45) is 0. The smallest absolute Gasteiger partial charge is 0.301 e. The predicted octanol–water partition coefficient (Wildman–Crippen LogP) is 5.60. The van der Waals surface area contributed by atoms with E-state index >= 15 is 0 Å². The van der Waals surface area contributed by atoms with Crippen molar-refractivity contribution in [1.82, 2.24) is 4.98 Å². The Morgan fingerprint density at radius 2 is 1.82 bits per heavy atom. The van der Waals surface area contributed by atoms with Crippen molar-refractivity contribution in [2.24, 2.45) is 0 Å². The molecule has 3 aromatic rings. The second-order valence-electron chi connectivity index (χ2n) is 7.53. The number of carbonyl (C=O) groups excluding carboxylic acids is 3. The minimum absolute atomic E-state index is 0.148. The number of Topliss-reactive ketones (excluding diaryl/α,β-unsaturated/α-hetero) is 2. The zero-order valence-electron chi connectivity index (χ0n) is 18.3. The van der Waals surface area contributed by atoms with Crippen molar-refractivity contribution in [2.45, 2.75) is 19.9 Å². The number of aliphatic hydroxyl groups is 1. The van der Waals surface area contributed by atoms with Gasteiger partial charge in [-0.1, -0.05) is 40.6 Å². The molecule has 34 heavy (non-hydrogen) atoms. The average Bonchev–Trinajstić information content (AvgIpc) is 3.30. The number of benzene rings is 2. The van der Waals surface area contributed by atoms with Gasteiger partial charge in [-0.2, -0.15) is 0 Å². The summed E-state index contributed by atoms with van der Waals surface area (Å²) < 4.78 is 5.15. The molecule has 4 rings (SSSR count). The minimum atomic E-state index is -1.09. The number of methoxy groups -OCH3 is 1. The maximum absolute atomic E-state index is 13.2. The first-order chi connectivity index (χ1) is 16.1. The molecule has 2 aromatic carbocycles. The highest BCUT2D eigenvalue weighted by atomic mass is 35.5. The van der Waals surface area contributed by atoms with Crippen molar-refractivity contribution >= 4 is 62.9 Å². The first-order valence-corrected chi connectivity index (χ1v) is 11.6. The minimum Gasteiger partial charge on any atom is -0.507 e. The third-order valence-electron chi connectivity index (χ3n) is 5.38. The number of hydrogen-bond donors (Lipinski definition) is 1. The monoisotopic (exact) mass is 516 g/mol. The molecule has 10 heteroatoms. The van der Waals surface area contributed by atoms with E-state index in [4.69, 9.17) is 27.9 Å². The number of amides is 1. The highest BCUT2D eigenvalue weighted by Crippen LogP contribution is 2.46. The number of aromatic nitrogens is 1. The number of hydrogen-bond acceptors (Lipinski definition) is 7. The number of thiazole rings is 1. The van der Waals surface area contributed by atoms with Crippen LogP contribution in [0.4, 0.5) is 5.13 Å². The van der Waals surface area contributed by atoms with Crippen LogP contribution in [0.2, 0.25) is 10.0 Å². The predicted molar refractivity (Wildman–Crippen MR) is 131 cm³/mol. The molecule has 174 valence electrons. The van der Waals surface area contributed by atoms with Crippen LogP contribution in [0.15, 0.2) is 48.0 Å². The zero-order chi connectivity index (χ0) is 24.7. The standard InChI is InChI=1S/C24H18Cl2N2O5S/c1-11-22(12(2)29)34-24(27-11)28-19(16-9-6-14(25)10-17(16)26)18(21(31)23(28)32)20(30)13-4-7-15(33-3)8-5-13/h4-10,19,30H,1-3H3/t19-/m0/s1. The molecular weight excluding hydrogens is 499 g/mol. The van der Waals surface area contributed by atoms with Crippen molar-refractivity contribution in [1.29, 1.82) is 0 Å². The Morgan fingerprint density at radius 3 is 2.38 bits per heavy atom. The molecule has 1 N–H and O–H groups in total. The van der Waals surface area contributed by atoms with Crippen molar-refractivity contribution in [3.8, 4) is 5.75 Å². The number of nitrogens with zero attached hydrogens (tertiary/aromatic N) is 2. The van der Waals surface area contributed by atoms with Gasteiger partial charge >= 0.3 is 5.91 Å². The van der Waals surface area contributed by atoms with Gasteiger partial charge in [-0.3, -0.25) is 19.3 Å². The van der Waals surface area contributed by atoms with Gasteiger partial charge in [0.05, 0.1) is 29.3 Å². The Balaban J connectivity index is 1.96. The molecule has 1 aromatic heterocycles. The van der Waals surface area contributed by atoms with Crippen LogP contribution in [0.25, 0.3) is 5.76 Å². The van der Waals surface area contributed by atoms with Crippen molar-refractivity contribution in [3.05, 3.63) is 79.8 Å². The number of aliphatic hydroxyl groups excluding tert-OH is 1. The van der Waals surface area contributed by atoms with Crippen molar-refractivity contribution in [2.75, 3.05) is 12.0 Å². The van der Waals surface area contributed by atoms with Gasteiger partial charge in [-0.25, -0.2) is 4.98 Å². The fourth-order valence-electron chi connectivity index (χ4n) is 3.76. The van der Waals surface area contributed by atoms with Gasteiger partial charge in [-0.05, 0) is 48.9 Å². The Kier molecular flexibility index (Phi) is 6.49. The fourth-order valence-corrected chi connectivity index (χ4v) is 5.26. The molecule has 7 nitrogen and oxygen atoms in total. The molecule has 1 amide bonds. The maximum Gasteiger partial charge on any atom is 0.301 e. The average molecular weight is 517 g/mol. The van der Waals surface area contributed by atoms with Gasteiger partial charge in [0, 0.05) is 22.5 Å². The summed E-state index contributed by atoms with van der Waals surface area (Å²) >= 11 is 13.5. The van der Waals surface area contributed by atoms with Crippen LogP contribution in [0.3, 0.4) is 0 Å². The van der Waals surface area contributed by atoms with Gasteiger partial charge in [0.25, 0.3) is 5.78 Å². The summed E-state index contributed by atoms with van der Waals surface area (Å²) in [5.74, 6) is -1.82. The van der Waals surface area contributed by atoms with Crippen LogP contribution in [0.5, 0.6) is 5.75 Å². The molecule has 1 fully saturated rings. The number of ether oxygens (including phenoxy) is 1. The Morgan fingerprint density at radius 1 is 1.15 bits per heavy atom. The summed E-state index contributed by atoms with van der Waals surface area (Å²) in [5, 5.41) is 11.9. The lowest BCUT2D eigenvalue weighted by atomic mass is 9.95.